The van der Waals surface area contributed by atoms with Crippen LogP contribution in [0.3, 0.4) is 0 Å². The van der Waals surface area contributed by atoms with Gasteiger partial charge >= 0.3 is 0 Å². The molecule has 1 heteroatoms. The summed E-state index contributed by atoms with van der Waals surface area (Å²) in [5.74, 6) is 0. The van der Waals surface area contributed by atoms with Crippen LogP contribution >= 0.6 is 0 Å². The highest BCUT2D eigenvalue weighted by Gasteiger charge is 2.40. The number of fused-ring (bicyclic) bond motifs is 5. The summed E-state index contributed by atoms with van der Waals surface area (Å²) in [4.78, 5) is 2.57. The fraction of sp³-hybridized carbons (Fsp3) is 0.385. The van der Waals surface area contributed by atoms with Crippen molar-refractivity contribution >= 4 is 0 Å². The molecule has 0 aromatic heterocycles. The van der Waals surface area contributed by atoms with Gasteiger partial charge in [-0.1, -0.05) is 36.4 Å². The Morgan fingerprint density at radius 1 is 1.00 bits per heavy atom. The van der Waals surface area contributed by atoms with Gasteiger partial charge in [0.1, 0.15) is 0 Å². The molecule has 2 heterocycles. The van der Waals surface area contributed by atoms with Gasteiger partial charge in [-0.15, -0.1) is 0 Å². The van der Waals surface area contributed by atoms with Crippen LogP contribution in [-0.2, 0) is 0 Å². The smallest absolute Gasteiger partial charge is 0.0547 e. The minimum absolute atomic E-state index is 0.538. The van der Waals surface area contributed by atoms with Gasteiger partial charge in [-0.2, -0.15) is 0 Å². The van der Waals surface area contributed by atoms with Crippen molar-refractivity contribution in [3.05, 3.63) is 47.5 Å². The van der Waals surface area contributed by atoms with E-state index in [0.717, 1.165) is 0 Å². The van der Waals surface area contributed by atoms with Crippen LogP contribution in [0.4, 0.5) is 0 Å². The van der Waals surface area contributed by atoms with Crippen molar-refractivity contribution in [3.63, 3.8) is 0 Å². The van der Waals surface area contributed by atoms with Gasteiger partial charge in [-0.25, -0.2) is 0 Å². The second-order valence-corrected chi connectivity index (χ2v) is 4.44. The predicted octanol–water partition coefficient (Wildman–Crippen LogP) is 3.06. The van der Waals surface area contributed by atoms with Crippen LogP contribution < -0.4 is 0 Å². The normalized spacial score (nSPS) is 28.8. The van der Waals surface area contributed by atoms with Gasteiger partial charge in [0.15, 0.2) is 0 Å². The Balaban J connectivity index is 2.11. The molecule has 0 aliphatic carbocycles. The average molecular weight is 185 g/mol. The summed E-state index contributed by atoms with van der Waals surface area (Å²) in [5, 5.41) is 0. The standard InChI is InChI=1S/C13H15N/c1-9(2)14-12-7-8-13(14)11-6-4-3-5-10(11)12/h3-9,12-13H,1-2H3. The average Bonchev–Trinajstić information content (AvgIpc) is 2.73. The zero-order chi connectivity index (χ0) is 9.71. The molecule has 0 saturated carbocycles. The van der Waals surface area contributed by atoms with Gasteiger partial charge in [0.2, 0.25) is 0 Å². The molecule has 0 radical (unpaired) electrons. The van der Waals surface area contributed by atoms with E-state index in [1.165, 1.54) is 11.1 Å². The molecule has 1 aromatic rings. The molecule has 2 aliphatic heterocycles. The Morgan fingerprint density at radius 2 is 1.50 bits per heavy atom. The molecule has 0 amide bonds. The molecule has 72 valence electrons. The van der Waals surface area contributed by atoms with Crippen LogP contribution in [0.5, 0.6) is 0 Å². The lowest BCUT2D eigenvalue weighted by molar-refractivity contribution is 0.188. The molecule has 3 rings (SSSR count). The van der Waals surface area contributed by atoms with E-state index in [2.05, 4.69) is 55.2 Å². The Kier molecular flexibility index (Phi) is 1.59. The van der Waals surface area contributed by atoms with Crippen LogP contribution in [0.15, 0.2) is 36.4 Å². The van der Waals surface area contributed by atoms with Crippen molar-refractivity contribution in [2.24, 2.45) is 0 Å². The van der Waals surface area contributed by atoms with Gasteiger partial charge in [0, 0.05) is 6.04 Å². The molecule has 0 saturated heterocycles. The molecule has 2 atom stereocenters. The minimum atomic E-state index is 0.538. The minimum Gasteiger partial charge on any atom is -0.280 e. The molecule has 0 spiro atoms. The van der Waals surface area contributed by atoms with Crippen LogP contribution in [0, 0.1) is 0 Å². The predicted molar refractivity (Wildman–Crippen MR) is 58.0 cm³/mol. The zero-order valence-electron chi connectivity index (χ0n) is 8.64. The van der Waals surface area contributed by atoms with Crippen LogP contribution in [0.2, 0.25) is 0 Å². The molecule has 14 heavy (non-hydrogen) atoms. The van der Waals surface area contributed by atoms with E-state index in [-0.39, 0.29) is 0 Å². The lowest BCUT2D eigenvalue weighted by atomic mass is 9.97. The third-order valence-electron chi connectivity index (χ3n) is 3.35. The summed E-state index contributed by atoms with van der Waals surface area (Å²) in [7, 11) is 0. The molecular formula is C13H15N. The summed E-state index contributed by atoms with van der Waals surface area (Å²) in [6.45, 7) is 4.55. The van der Waals surface area contributed by atoms with Crippen LogP contribution in [-0.4, -0.2) is 10.9 Å². The SMILES string of the molecule is CC(C)N1C2C=CC1c1ccccc12. The van der Waals surface area contributed by atoms with Gasteiger partial charge in [0.25, 0.3) is 0 Å². The molecule has 1 nitrogen and oxygen atoms in total. The number of hydrogen-bond donors (Lipinski definition) is 0. The highest BCUT2D eigenvalue weighted by molar-refractivity contribution is 5.46. The van der Waals surface area contributed by atoms with Gasteiger partial charge in [-0.05, 0) is 25.0 Å². The molecule has 0 N–H and O–H groups in total. The maximum absolute atomic E-state index is 2.57. The molecule has 0 fully saturated rings. The van der Waals surface area contributed by atoms with Crippen LogP contribution in [0.1, 0.15) is 37.1 Å². The summed E-state index contributed by atoms with van der Waals surface area (Å²) < 4.78 is 0. The first-order valence-corrected chi connectivity index (χ1v) is 5.33. The van der Waals surface area contributed by atoms with Gasteiger partial charge in [0.05, 0.1) is 12.1 Å². The lowest BCUT2D eigenvalue weighted by Gasteiger charge is -2.26. The summed E-state index contributed by atoms with van der Waals surface area (Å²) in [6.07, 6.45) is 4.68. The van der Waals surface area contributed by atoms with Crippen molar-refractivity contribution in [2.75, 3.05) is 0 Å². The van der Waals surface area contributed by atoms with E-state index in [1.54, 1.807) is 0 Å². The van der Waals surface area contributed by atoms with Crippen molar-refractivity contribution < 1.29 is 0 Å². The Labute approximate surface area is 85.0 Å². The van der Waals surface area contributed by atoms with E-state index in [9.17, 15) is 0 Å². The highest BCUT2D eigenvalue weighted by atomic mass is 15.2. The monoisotopic (exact) mass is 185 g/mol. The highest BCUT2D eigenvalue weighted by Crippen LogP contribution is 2.49. The third-order valence-corrected chi connectivity index (χ3v) is 3.35. The van der Waals surface area contributed by atoms with Gasteiger partial charge < -0.3 is 0 Å². The van der Waals surface area contributed by atoms with Gasteiger partial charge in [-0.3, -0.25) is 4.90 Å². The van der Waals surface area contributed by atoms with Crippen molar-refractivity contribution in [3.8, 4) is 0 Å². The first-order chi connectivity index (χ1) is 6.79. The van der Waals surface area contributed by atoms with Crippen molar-refractivity contribution in [1.82, 2.24) is 4.90 Å². The Hall–Kier alpha value is -1.08. The Bertz CT molecular complexity index is 359. The van der Waals surface area contributed by atoms with E-state index in [0.29, 0.717) is 18.1 Å². The first kappa shape index (κ1) is 8.25. The van der Waals surface area contributed by atoms with E-state index < -0.39 is 0 Å². The second kappa shape index (κ2) is 2.71. The largest absolute Gasteiger partial charge is 0.280 e. The second-order valence-electron chi connectivity index (χ2n) is 4.44. The maximum Gasteiger partial charge on any atom is 0.0547 e. The molecule has 1 aromatic carbocycles. The number of nitrogens with zero attached hydrogens (tertiary/aromatic N) is 1. The fourth-order valence-electron chi connectivity index (χ4n) is 2.80. The third kappa shape index (κ3) is 0.881. The maximum atomic E-state index is 2.57. The number of rotatable bonds is 1. The fourth-order valence-corrected chi connectivity index (χ4v) is 2.80. The quantitative estimate of drug-likeness (QED) is 0.608. The van der Waals surface area contributed by atoms with E-state index >= 15 is 0 Å². The Morgan fingerprint density at radius 3 is 1.93 bits per heavy atom. The summed E-state index contributed by atoms with van der Waals surface area (Å²) >= 11 is 0. The first-order valence-electron chi connectivity index (χ1n) is 5.33. The van der Waals surface area contributed by atoms with E-state index in [1.807, 2.05) is 0 Å². The number of benzene rings is 1. The van der Waals surface area contributed by atoms with Crippen molar-refractivity contribution in [1.29, 1.82) is 0 Å². The zero-order valence-corrected chi connectivity index (χ0v) is 8.64. The number of hydrogen-bond acceptors (Lipinski definition) is 1. The van der Waals surface area contributed by atoms with Crippen LogP contribution in [0.25, 0.3) is 0 Å². The molecule has 2 aliphatic rings. The topological polar surface area (TPSA) is 3.24 Å². The van der Waals surface area contributed by atoms with E-state index in [4.69, 9.17) is 0 Å². The summed E-state index contributed by atoms with van der Waals surface area (Å²) in [6, 6.07) is 10.5. The van der Waals surface area contributed by atoms with Crippen molar-refractivity contribution in [2.45, 2.75) is 32.0 Å². The summed E-state index contributed by atoms with van der Waals surface area (Å²) in [5.41, 5.74) is 3.02. The lowest BCUT2D eigenvalue weighted by Crippen LogP contribution is -2.27. The molecule has 2 unspecified atom stereocenters. The molecular weight excluding hydrogens is 170 g/mol. The molecule has 2 bridgehead atoms.